The number of rotatable bonds is 5. The number of hydrogen-bond donors (Lipinski definition) is 2. The Hall–Kier alpha value is -1.94. The molecule has 20 heavy (non-hydrogen) atoms. The van der Waals surface area contributed by atoms with Crippen molar-refractivity contribution in [1.82, 2.24) is 15.0 Å². The largest absolute Gasteiger partial charge is 0.384 e. The SMILES string of the molecule is C=C(C)Cc1cnc(Cc2cccc(C(C)(C)O)n2)[nH]1. The van der Waals surface area contributed by atoms with Crippen LogP contribution in [0.5, 0.6) is 0 Å². The zero-order valence-electron chi connectivity index (χ0n) is 12.3. The molecule has 106 valence electrons. The third kappa shape index (κ3) is 3.78. The molecule has 2 aromatic heterocycles. The number of nitrogens with zero attached hydrogens (tertiary/aromatic N) is 2. The minimum atomic E-state index is -0.926. The second kappa shape index (κ2) is 5.59. The number of aromatic amines is 1. The van der Waals surface area contributed by atoms with Gasteiger partial charge >= 0.3 is 0 Å². The van der Waals surface area contributed by atoms with Crippen LogP contribution in [0.3, 0.4) is 0 Å². The van der Waals surface area contributed by atoms with Gasteiger partial charge in [0.15, 0.2) is 0 Å². The third-order valence-electron chi connectivity index (χ3n) is 2.96. The van der Waals surface area contributed by atoms with E-state index in [1.165, 1.54) is 0 Å². The van der Waals surface area contributed by atoms with Crippen molar-refractivity contribution in [2.24, 2.45) is 0 Å². The lowest BCUT2D eigenvalue weighted by Gasteiger charge is -2.16. The Labute approximate surface area is 119 Å². The van der Waals surface area contributed by atoms with Crippen molar-refractivity contribution in [3.63, 3.8) is 0 Å². The summed E-state index contributed by atoms with van der Waals surface area (Å²) in [5.74, 6) is 0.877. The van der Waals surface area contributed by atoms with E-state index in [1.807, 2.05) is 31.3 Å². The molecule has 0 spiro atoms. The molecule has 0 saturated carbocycles. The maximum absolute atomic E-state index is 9.99. The van der Waals surface area contributed by atoms with Crippen LogP contribution in [0.15, 0.2) is 36.5 Å². The predicted octanol–water partition coefficient (Wildman–Crippen LogP) is 2.74. The van der Waals surface area contributed by atoms with E-state index >= 15 is 0 Å². The zero-order valence-corrected chi connectivity index (χ0v) is 12.3. The van der Waals surface area contributed by atoms with Gasteiger partial charge in [-0.1, -0.05) is 18.2 Å². The van der Waals surface area contributed by atoms with Gasteiger partial charge in [-0.3, -0.25) is 4.98 Å². The maximum atomic E-state index is 9.99. The summed E-state index contributed by atoms with van der Waals surface area (Å²) in [5, 5.41) is 9.99. The van der Waals surface area contributed by atoms with Gasteiger partial charge in [0.05, 0.1) is 5.69 Å². The number of H-pyrrole nitrogens is 1. The average Bonchev–Trinajstić information content (AvgIpc) is 2.75. The molecule has 2 rings (SSSR count). The predicted molar refractivity (Wildman–Crippen MR) is 79.4 cm³/mol. The minimum Gasteiger partial charge on any atom is -0.384 e. The summed E-state index contributed by atoms with van der Waals surface area (Å²) in [6.45, 7) is 9.36. The molecule has 2 heterocycles. The first-order valence-corrected chi connectivity index (χ1v) is 6.70. The fraction of sp³-hybridized carbons (Fsp3) is 0.375. The average molecular weight is 271 g/mol. The van der Waals surface area contributed by atoms with Gasteiger partial charge in [-0.2, -0.15) is 0 Å². The smallest absolute Gasteiger partial charge is 0.112 e. The molecule has 0 aromatic carbocycles. The van der Waals surface area contributed by atoms with Gasteiger partial charge in [-0.25, -0.2) is 4.98 Å². The molecule has 0 aliphatic carbocycles. The molecule has 0 fully saturated rings. The fourth-order valence-corrected chi connectivity index (χ4v) is 2.00. The van der Waals surface area contributed by atoms with E-state index < -0.39 is 5.60 Å². The summed E-state index contributed by atoms with van der Waals surface area (Å²) in [5.41, 5.74) is 2.79. The summed E-state index contributed by atoms with van der Waals surface area (Å²) >= 11 is 0. The molecule has 4 heteroatoms. The summed E-state index contributed by atoms with van der Waals surface area (Å²) < 4.78 is 0. The monoisotopic (exact) mass is 271 g/mol. The Morgan fingerprint density at radius 1 is 1.40 bits per heavy atom. The Morgan fingerprint density at radius 2 is 2.15 bits per heavy atom. The first kappa shape index (κ1) is 14.5. The van der Waals surface area contributed by atoms with Crippen LogP contribution in [0.25, 0.3) is 0 Å². The number of nitrogens with one attached hydrogen (secondary N) is 1. The quantitative estimate of drug-likeness (QED) is 0.822. The number of aliphatic hydroxyl groups is 1. The fourth-order valence-electron chi connectivity index (χ4n) is 2.00. The van der Waals surface area contributed by atoms with Gasteiger partial charge in [0.25, 0.3) is 0 Å². The normalized spacial score (nSPS) is 11.6. The van der Waals surface area contributed by atoms with Crippen molar-refractivity contribution in [3.05, 3.63) is 59.5 Å². The second-order valence-electron chi connectivity index (χ2n) is 5.74. The van der Waals surface area contributed by atoms with Gasteiger partial charge in [0.1, 0.15) is 11.4 Å². The van der Waals surface area contributed by atoms with E-state index in [0.29, 0.717) is 12.1 Å². The number of aromatic nitrogens is 3. The van der Waals surface area contributed by atoms with Crippen molar-refractivity contribution in [1.29, 1.82) is 0 Å². The third-order valence-corrected chi connectivity index (χ3v) is 2.96. The summed E-state index contributed by atoms with van der Waals surface area (Å²) in [4.78, 5) is 12.1. The first-order valence-electron chi connectivity index (χ1n) is 6.70. The van der Waals surface area contributed by atoms with Crippen LogP contribution in [-0.4, -0.2) is 20.1 Å². The van der Waals surface area contributed by atoms with Crippen LogP contribution in [0.2, 0.25) is 0 Å². The number of allylic oxidation sites excluding steroid dienone is 1. The lowest BCUT2D eigenvalue weighted by Crippen LogP contribution is -2.18. The molecular formula is C16H21N3O. The van der Waals surface area contributed by atoms with Crippen LogP contribution in [0, 0.1) is 0 Å². The highest BCUT2D eigenvalue weighted by Gasteiger charge is 2.17. The Morgan fingerprint density at radius 3 is 2.80 bits per heavy atom. The molecule has 0 amide bonds. The number of imidazole rings is 1. The van der Waals surface area contributed by atoms with Gasteiger partial charge in [-0.05, 0) is 32.9 Å². The van der Waals surface area contributed by atoms with Gasteiger partial charge in [0.2, 0.25) is 0 Å². The molecule has 0 aliphatic heterocycles. The van der Waals surface area contributed by atoms with Gasteiger partial charge in [0, 0.05) is 30.4 Å². The molecule has 2 aromatic rings. The van der Waals surface area contributed by atoms with E-state index in [-0.39, 0.29) is 0 Å². The Balaban J connectivity index is 2.14. The first-order chi connectivity index (χ1) is 9.34. The van der Waals surface area contributed by atoms with E-state index in [2.05, 4.69) is 21.5 Å². The molecule has 0 saturated heterocycles. The molecule has 0 bridgehead atoms. The van der Waals surface area contributed by atoms with Crippen LogP contribution < -0.4 is 0 Å². The molecular weight excluding hydrogens is 250 g/mol. The highest BCUT2D eigenvalue weighted by molar-refractivity contribution is 5.19. The number of pyridine rings is 1. The van der Waals surface area contributed by atoms with Crippen LogP contribution in [0.4, 0.5) is 0 Å². The molecule has 0 radical (unpaired) electrons. The Kier molecular flexibility index (Phi) is 4.04. The van der Waals surface area contributed by atoms with Crippen molar-refractivity contribution in [2.75, 3.05) is 0 Å². The zero-order chi connectivity index (χ0) is 14.8. The van der Waals surface area contributed by atoms with Gasteiger partial charge < -0.3 is 10.1 Å². The molecule has 0 aliphatic rings. The maximum Gasteiger partial charge on any atom is 0.112 e. The highest BCUT2D eigenvalue weighted by Crippen LogP contribution is 2.18. The molecule has 4 nitrogen and oxygen atoms in total. The van der Waals surface area contributed by atoms with Crippen molar-refractivity contribution in [2.45, 2.75) is 39.2 Å². The van der Waals surface area contributed by atoms with Crippen LogP contribution in [-0.2, 0) is 18.4 Å². The van der Waals surface area contributed by atoms with Crippen molar-refractivity contribution in [3.8, 4) is 0 Å². The van der Waals surface area contributed by atoms with E-state index in [1.54, 1.807) is 13.8 Å². The molecule has 0 atom stereocenters. The summed E-state index contributed by atoms with van der Waals surface area (Å²) in [6, 6.07) is 5.68. The van der Waals surface area contributed by atoms with Crippen molar-refractivity contribution >= 4 is 0 Å². The topological polar surface area (TPSA) is 61.8 Å². The van der Waals surface area contributed by atoms with E-state index in [0.717, 1.165) is 29.2 Å². The molecule has 0 unspecified atom stereocenters. The van der Waals surface area contributed by atoms with Gasteiger partial charge in [-0.15, -0.1) is 0 Å². The summed E-state index contributed by atoms with van der Waals surface area (Å²) in [6.07, 6.45) is 3.27. The lowest BCUT2D eigenvalue weighted by molar-refractivity contribution is 0.0736. The standard InChI is InChI=1S/C16H21N3O/c1-11(2)8-13-10-17-15(19-13)9-12-6-5-7-14(18-12)16(3,4)20/h5-7,10,20H,1,8-9H2,2-4H3,(H,17,19). The lowest BCUT2D eigenvalue weighted by atomic mass is 10.0. The second-order valence-corrected chi connectivity index (χ2v) is 5.74. The molecule has 2 N–H and O–H groups in total. The minimum absolute atomic E-state index is 0.625. The summed E-state index contributed by atoms with van der Waals surface area (Å²) in [7, 11) is 0. The van der Waals surface area contributed by atoms with E-state index in [4.69, 9.17) is 0 Å². The number of hydrogen-bond acceptors (Lipinski definition) is 3. The highest BCUT2D eigenvalue weighted by atomic mass is 16.3. The van der Waals surface area contributed by atoms with Crippen LogP contribution >= 0.6 is 0 Å². The van der Waals surface area contributed by atoms with Crippen LogP contribution in [0.1, 0.15) is 43.7 Å². The van der Waals surface area contributed by atoms with Crippen molar-refractivity contribution < 1.29 is 5.11 Å². The Bertz CT molecular complexity index is 608. The van der Waals surface area contributed by atoms with E-state index in [9.17, 15) is 5.11 Å².